The molecule has 0 spiro atoms. The van der Waals surface area contributed by atoms with Crippen molar-refractivity contribution < 1.29 is 14.9 Å². The van der Waals surface area contributed by atoms with Gasteiger partial charge in [0.1, 0.15) is 11.5 Å². The van der Waals surface area contributed by atoms with Gasteiger partial charge in [0.25, 0.3) is 0 Å². The van der Waals surface area contributed by atoms with Crippen LogP contribution in [0.3, 0.4) is 0 Å². The Balaban J connectivity index is 1.93. The van der Waals surface area contributed by atoms with E-state index in [0.29, 0.717) is 18.7 Å². The van der Waals surface area contributed by atoms with Gasteiger partial charge in [0.2, 0.25) is 0 Å². The highest BCUT2D eigenvalue weighted by Gasteiger charge is 2.11. The number of phenols is 1. The lowest BCUT2D eigenvalue weighted by Crippen LogP contribution is -2.22. The summed E-state index contributed by atoms with van der Waals surface area (Å²) in [7, 11) is 1.58. The van der Waals surface area contributed by atoms with Crippen molar-refractivity contribution in [2.24, 2.45) is 0 Å². The molecule has 0 aliphatic rings. The lowest BCUT2D eigenvalue weighted by atomic mass is 9.96. The second-order valence-electron chi connectivity index (χ2n) is 5.25. The summed E-state index contributed by atoms with van der Waals surface area (Å²) in [4.78, 5) is 0. The Kier molecular flexibility index (Phi) is 6.25. The van der Waals surface area contributed by atoms with Crippen LogP contribution in [-0.4, -0.2) is 30.5 Å². The van der Waals surface area contributed by atoms with Crippen LogP contribution in [0.15, 0.2) is 48.5 Å². The van der Waals surface area contributed by atoms with E-state index in [2.05, 4.69) is 17.4 Å². The van der Waals surface area contributed by atoms with Gasteiger partial charge in [-0.1, -0.05) is 36.4 Å². The van der Waals surface area contributed by atoms with Crippen molar-refractivity contribution in [2.75, 3.05) is 20.3 Å². The van der Waals surface area contributed by atoms with Gasteiger partial charge in [-0.05, 0) is 24.0 Å². The highest BCUT2D eigenvalue weighted by molar-refractivity contribution is 5.39. The molecule has 4 heteroatoms. The molecule has 0 aliphatic carbocycles. The zero-order valence-corrected chi connectivity index (χ0v) is 12.8. The monoisotopic (exact) mass is 301 g/mol. The van der Waals surface area contributed by atoms with Crippen molar-refractivity contribution >= 4 is 0 Å². The fourth-order valence-electron chi connectivity index (χ4n) is 2.47. The minimum Gasteiger partial charge on any atom is -0.507 e. The van der Waals surface area contributed by atoms with Crippen LogP contribution >= 0.6 is 0 Å². The molecule has 22 heavy (non-hydrogen) atoms. The Morgan fingerprint density at radius 3 is 2.55 bits per heavy atom. The van der Waals surface area contributed by atoms with Crippen LogP contribution in [0.5, 0.6) is 11.5 Å². The maximum atomic E-state index is 9.95. The van der Waals surface area contributed by atoms with E-state index in [0.717, 1.165) is 12.1 Å². The van der Waals surface area contributed by atoms with Crippen LogP contribution in [0.1, 0.15) is 23.5 Å². The van der Waals surface area contributed by atoms with Gasteiger partial charge >= 0.3 is 0 Å². The molecule has 3 N–H and O–H groups in total. The Labute approximate surface area is 131 Å². The summed E-state index contributed by atoms with van der Waals surface area (Å²) < 4.78 is 5.07. The highest BCUT2D eigenvalue weighted by Crippen LogP contribution is 2.24. The first-order chi connectivity index (χ1) is 10.7. The third-order valence-corrected chi connectivity index (χ3v) is 3.75. The molecule has 0 fully saturated rings. The van der Waals surface area contributed by atoms with Gasteiger partial charge in [-0.2, -0.15) is 0 Å². The first kappa shape index (κ1) is 16.3. The summed E-state index contributed by atoms with van der Waals surface area (Å²) in [6.45, 7) is 1.48. The van der Waals surface area contributed by atoms with Crippen molar-refractivity contribution in [1.82, 2.24) is 5.32 Å². The topological polar surface area (TPSA) is 61.7 Å². The third kappa shape index (κ3) is 4.48. The molecule has 118 valence electrons. The highest BCUT2D eigenvalue weighted by atomic mass is 16.5. The van der Waals surface area contributed by atoms with E-state index >= 15 is 0 Å². The van der Waals surface area contributed by atoms with Crippen molar-refractivity contribution in [3.63, 3.8) is 0 Å². The second-order valence-corrected chi connectivity index (χ2v) is 5.25. The molecule has 2 rings (SSSR count). The molecule has 1 atom stereocenters. The molecule has 0 aliphatic heterocycles. The summed E-state index contributed by atoms with van der Waals surface area (Å²) in [5.41, 5.74) is 2.04. The number of hydrogen-bond donors (Lipinski definition) is 3. The molecule has 0 aromatic heterocycles. The van der Waals surface area contributed by atoms with Crippen LogP contribution in [0, 0.1) is 0 Å². The van der Waals surface area contributed by atoms with E-state index < -0.39 is 0 Å². The fraction of sp³-hybridized carbons (Fsp3) is 0.333. The molecule has 0 radical (unpaired) electrons. The van der Waals surface area contributed by atoms with E-state index in [4.69, 9.17) is 4.74 Å². The normalized spacial score (nSPS) is 12.1. The van der Waals surface area contributed by atoms with Gasteiger partial charge in [-0.15, -0.1) is 0 Å². The number of aliphatic hydroxyl groups excluding tert-OH is 1. The van der Waals surface area contributed by atoms with E-state index in [1.54, 1.807) is 13.2 Å². The molecule has 2 aromatic carbocycles. The number of nitrogens with one attached hydrogen (secondary N) is 1. The number of hydrogen-bond acceptors (Lipinski definition) is 4. The van der Waals surface area contributed by atoms with Crippen LogP contribution < -0.4 is 10.1 Å². The number of aliphatic hydroxyl groups is 1. The average molecular weight is 301 g/mol. The maximum absolute atomic E-state index is 9.95. The molecule has 1 unspecified atom stereocenters. The minimum absolute atomic E-state index is 0.162. The second kappa shape index (κ2) is 8.41. The van der Waals surface area contributed by atoms with Crippen molar-refractivity contribution in [3.8, 4) is 11.5 Å². The number of ether oxygens (including phenoxy) is 1. The Hall–Kier alpha value is -2.04. The van der Waals surface area contributed by atoms with Gasteiger partial charge in [0.15, 0.2) is 0 Å². The van der Waals surface area contributed by atoms with Crippen LogP contribution in [-0.2, 0) is 6.54 Å². The predicted molar refractivity (Wildman–Crippen MR) is 87.3 cm³/mol. The van der Waals surface area contributed by atoms with Gasteiger partial charge < -0.3 is 20.3 Å². The lowest BCUT2D eigenvalue weighted by molar-refractivity contribution is 0.273. The standard InChI is InChI=1S/C18H23NO3/c1-22-17-8-7-16(18(21)11-17)13-19-12-15(9-10-20)14-5-3-2-4-6-14/h2-8,11,15,19-21H,9-10,12-13H2,1H3. The molecular weight excluding hydrogens is 278 g/mol. The van der Waals surface area contributed by atoms with Crippen LogP contribution in [0.2, 0.25) is 0 Å². The molecule has 0 saturated heterocycles. The summed E-state index contributed by atoms with van der Waals surface area (Å²) >= 11 is 0. The maximum Gasteiger partial charge on any atom is 0.123 e. The molecule has 2 aromatic rings. The van der Waals surface area contributed by atoms with Crippen molar-refractivity contribution in [1.29, 1.82) is 0 Å². The number of phenolic OH excluding ortho intramolecular Hbond substituents is 1. The van der Waals surface area contributed by atoms with E-state index in [1.165, 1.54) is 5.56 Å². The molecule has 0 bridgehead atoms. The Morgan fingerprint density at radius 2 is 1.91 bits per heavy atom. The van der Waals surface area contributed by atoms with E-state index in [9.17, 15) is 10.2 Å². The Morgan fingerprint density at radius 1 is 1.14 bits per heavy atom. The lowest BCUT2D eigenvalue weighted by Gasteiger charge is -2.17. The first-order valence-corrected chi connectivity index (χ1v) is 7.47. The Bertz CT molecular complexity index is 572. The number of aromatic hydroxyl groups is 1. The van der Waals surface area contributed by atoms with Crippen LogP contribution in [0.4, 0.5) is 0 Å². The molecule has 0 saturated carbocycles. The van der Waals surface area contributed by atoms with Gasteiger partial charge in [-0.25, -0.2) is 0 Å². The quantitative estimate of drug-likeness (QED) is 0.701. The van der Waals surface area contributed by atoms with Crippen molar-refractivity contribution in [3.05, 3.63) is 59.7 Å². The summed E-state index contributed by atoms with van der Waals surface area (Å²) in [5.74, 6) is 1.13. The molecular formula is C18H23NO3. The average Bonchev–Trinajstić information content (AvgIpc) is 2.56. The van der Waals surface area contributed by atoms with E-state index in [-0.39, 0.29) is 18.3 Å². The smallest absolute Gasteiger partial charge is 0.123 e. The zero-order chi connectivity index (χ0) is 15.8. The number of rotatable bonds is 8. The van der Waals surface area contributed by atoms with E-state index in [1.807, 2.05) is 30.3 Å². The molecule has 4 nitrogen and oxygen atoms in total. The summed E-state index contributed by atoms with van der Waals surface area (Å²) in [5, 5.41) is 22.5. The first-order valence-electron chi connectivity index (χ1n) is 7.47. The largest absolute Gasteiger partial charge is 0.507 e. The molecule has 0 heterocycles. The summed E-state index contributed by atoms with van der Waals surface area (Å²) in [6.07, 6.45) is 0.714. The minimum atomic E-state index is 0.162. The van der Waals surface area contributed by atoms with Gasteiger partial charge in [-0.3, -0.25) is 0 Å². The summed E-state index contributed by atoms with van der Waals surface area (Å²) in [6, 6.07) is 15.5. The molecule has 0 amide bonds. The SMILES string of the molecule is COc1ccc(CNCC(CCO)c2ccccc2)c(O)c1. The number of benzene rings is 2. The third-order valence-electron chi connectivity index (χ3n) is 3.75. The fourth-order valence-corrected chi connectivity index (χ4v) is 2.47. The number of methoxy groups -OCH3 is 1. The predicted octanol–water partition coefficient (Wildman–Crippen LogP) is 2.66. The van der Waals surface area contributed by atoms with Crippen molar-refractivity contribution in [2.45, 2.75) is 18.9 Å². The van der Waals surface area contributed by atoms with Gasteiger partial charge in [0.05, 0.1) is 7.11 Å². The van der Waals surface area contributed by atoms with Crippen LogP contribution in [0.25, 0.3) is 0 Å². The zero-order valence-electron chi connectivity index (χ0n) is 12.8. The van der Waals surface area contributed by atoms with Gasteiger partial charge in [0, 0.05) is 31.3 Å².